The second-order valence-electron chi connectivity index (χ2n) is 7.14. The lowest BCUT2D eigenvalue weighted by molar-refractivity contribution is -0.137. The number of benzene rings is 2. The summed E-state index contributed by atoms with van der Waals surface area (Å²) in [7, 11) is 1.64. The highest BCUT2D eigenvalue weighted by Crippen LogP contribution is 2.39. The number of amides is 1. The van der Waals surface area contributed by atoms with E-state index in [1.165, 1.54) is 0 Å². The van der Waals surface area contributed by atoms with Crippen LogP contribution in [0.15, 0.2) is 54.6 Å². The first-order chi connectivity index (χ1) is 13.1. The highest BCUT2D eigenvalue weighted by atomic mass is 16.5. The third kappa shape index (κ3) is 4.42. The average Bonchev–Trinajstić information content (AvgIpc) is 2.69. The molecule has 5 nitrogen and oxygen atoms in total. The molecule has 1 saturated heterocycles. The maximum atomic E-state index is 12.5. The van der Waals surface area contributed by atoms with Gasteiger partial charge in [-0.2, -0.15) is 0 Å². The number of ether oxygens (including phenoxy) is 2. The number of hydrogen-bond acceptors (Lipinski definition) is 4. The van der Waals surface area contributed by atoms with Gasteiger partial charge in [0.1, 0.15) is 11.5 Å². The number of methoxy groups -OCH3 is 1. The number of nitrogens with two attached hydrogens (primary N) is 1. The van der Waals surface area contributed by atoms with E-state index in [1.54, 1.807) is 7.11 Å². The maximum Gasteiger partial charge on any atom is 0.224 e. The molecule has 0 radical (unpaired) electrons. The summed E-state index contributed by atoms with van der Waals surface area (Å²) >= 11 is 0. The van der Waals surface area contributed by atoms with Crippen LogP contribution >= 0.6 is 0 Å². The summed E-state index contributed by atoms with van der Waals surface area (Å²) in [6, 6.07) is 17.6. The first kappa shape index (κ1) is 19.2. The van der Waals surface area contributed by atoms with Gasteiger partial charge in [0.05, 0.1) is 12.5 Å². The molecule has 2 aromatic rings. The van der Waals surface area contributed by atoms with Crippen molar-refractivity contribution in [2.45, 2.75) is 32.4 Å². The summed E-state index contributed by atoms with van der Waals surface area (Å²) < 4.78 is 11.5. The maximum absolute atomic E-state index is 12.5. The first-order valence-electron chi connectivity index (χ1n) is 9.45. The molecule has 1 aliphatic heterocycles. The summed E-state index contributed by atoms with van der Waals surface area (Å²) in [5.74, 6) is 1.36. The molecule has 1 aliphatic rings. The molecule has 0 bridgehead atoms. The van der Waals surface area contributed by atoms with Crippen LogP contribution < -0.4 is 15.2 Å². The number of carbonyl (C=O) groups excluding carboxylic acids is 1. The number of rotatable bonds is 7. The van der Waals surface area contributed by atoms with Crippen molar-refractivity contribution in [3.8, 4) is 11.5 Å². The molecule has 5 heteroatoms. The lowest BCUT2D eigenvalue weighted by Crippen LogP contribution is -2.54. The Balaban J connectivity index is 1.82. The molecule has 0 aromatic heterocycles. The van der Waals surface area contributed by atoms with Crippen LogP contribution in [0.4, 0.5) is 0 Å². The predicted octanol–water partition coefficient (Wildman–Crippen LogP) is 3.23. The molecule has 1 heterocycles. The van der Waals surface area contributed by atoms with E-state index in [0.717, 1.165) is 36.6 Å². The molecular formula is C22H28N2O3. The zero-order valence-corrected chi connectivity index (χ0v) is 16.1. The lowest BCUT2D eigenvalue weighted by atomic mass is 9.72. The number of carbonyl (C=O) groups is 1. The molecule has 0 aliphatic carbocycles. The van der Waals surface area contributed by atoms with Crippen molar-refractivity contribution < 1.29 is 14.3 Å². The Hall–Kier alpha value is -2.53. The van der Waals surface area contributed by atoms with Gasteiger partial charge in [-0.15, -0.1) is 0 Å². The van der Waals surface area contributed by atoms with Crippen LogP contribution in [0.25, 0.3) is 0 Å². The monoisotopic (exact) mass is 368 g/mol. The smallest absolute Gasteiger partial charge is 0.224 e. The fourth-order valence-corrected chi connectivity index (χ4v) is 3.81. The van der Waals surface area contributed by atoms with Gasteiger partial charge in [0.15, 0.2) is 6.23 Å². The molecule has 1 fully saturated rings. The molecule has 2 unspecified atom stereocenters. The number of piperidine rings is 1. The van der Waals surface area contributed by atoms with Gasteiger partial charge in [-0.1, -0.05) is 37.3 Å². The predicted molar refractivity (Wildman–Crippen MR) is 106 cm³/mol. The quantitative estimate of drug-likeness (QED) is 0.815. The number of hydrogen-bond donors (Lipinski definition) is 1. The van der Waals surface area contributed by atoms with Gasteiger partial charge in [-0.3, -0.25) is 9.69 Å². The third-order valence-corrected chi connectivity index (χ3v) is 5.50. The highest BCUT2D eigenvalue weighted by Gasteiger charge is 2.44. The van der Waals surface area contributed by atoms with E-state index in [2.05, 4.69) is 11.8 Å². The fraction of sp³-hybridized carbons (Fsp3) is 0.409. The van der Waals surface area contributed by atoms with Gasteiger partial charge in [0.2, 0.25) is 5.91 Å². The van der Waals surface area contributed by atoms with Crippen LogP contribution in [0.2, 0.25) is 0 Å². The van der Waals surface area contributed by atoms with Crippen molar-refractivity contribution in [1.82, 2.24) is 4.90 Å². The molecule has 0 spiro atoms. The van der Waals surface area contributed by atoms with E-state index in [-0.39, 0.29) is 12.1 Å². The molecule has 2 N–H and O–H groups in total. The van der Waals surface area contributed by atoms with Crippen molar-refractivity contribution in [3.05, 3.63) is 60.2 Å². The van der Waals surface area contributed by atoms with Crippen LogP contribution in [-0.2, 0) is 11.2 Å². The Morgan fingerprint density at radius 2 is 1.85 bits per heavy atom. The number of primary amides is 1. The topological polar surface area (TPSA) is 64.8 Å². The van der Waals surface area contributed by atoms with Gasteiger partial charge in [-0.25, -0.2) is 0 Å². The molecule has 3 rings (SSSR count). The van der Waals surface area contributed by atoms with Crippen LogP contribution in [-0.4, -0.2) is 37.2 Å². The van der Waals surface area contributed by atoms with E-state index < -0.39 is 5.41 Å². The van der Waals surface area contributed by atoms with E-state index in [4.69, 9.17) is 15.2 Å². The Bertz CT molecular complexity index is 748. The summed E-state index contributed by atoms with van der Waals surface area (Å²) in [5, 5.41) is 0. The first-order valence-corrected chi connectivity index (χ1v) is 9.45. The third-order valence-electron chi connectivity index (χ3n) is 5.50. The van der Waals surface area contributed by atoms with Gasteiger partial charge < -0.3 is 15.2 Å². The van der Waals surface area contributed by atoms with Crippen molar-refractivity contribution in [2.24, 2.45) is 11.1 Å². The molecule has 2 aromatic carbocycles. The summed E-state index contributed by atoms with van der Waals surface area (Å²) in [6.07, 6.45) is 1.75. The van der Waals surface area contributed by atoms with Crippen molar-refractivity contribution >= 4 is 5.91 Å². The Kier molecular flexibility index (Phi) is 6.01. The van der Waals surface area contributed by atoms with Gasteiger partial charge in [-0.05, 0) is 49.2 Å². The normalized spacial score (nSPS) is 23.0. The summed E-state index contributed by atoms with van der Waals surface area (Å²) in [6.45, 7) is 3.77. The van der Waals surface area contributed by atoms with Gasteiger partial charge in [0.25, 0.3) is 0 Å². The molecule has 0 saturated carbocycles. The molecular weight excluding hydrogens is 340 g/mol. The Labute approximate surface area is 161 Å². The second-order valence-corrected chi connectivity index (χ2v) is 7.14. The lowest BCUT2D eigenvalue weighted by Gasteiger charge is -2.44. The standard InChI is InChI=1S/C22H28N2O3/c1-3-24-14-13-22(21(23)25,15-17-9-11-18(26-2)12-10-17)16-20(24)27-19-7-5-4-6-8-19/h4-12,20H,3,13-16H2,1-2H3,(H2,23,25). The van der Waals surface area contributed by atoms with E-state index in [0.29, 0.717) is 12.8 Å². The largest absolute Gasteiger partial charge is 0.497 e. The zero-order chi connectivity index (χ0) is 19.3. The summed E-state index contributed by atoms with van der Waals surface area (Å²) in [4.78, 5) is 14.8. The van der Waals surface area contributed by atoms with Crippen molar-refractivity contribution in [2.75, 3.05) is 20.2 Å². The molecule has 2 atom stereocenters. The van der Waals surface area contributed by atoms with E-state index in [1.807, 2.05) is 54.6 Å². The second kappa shape index (κ2) is 8.44. The number of likely N-dealkylation sites (tertiary alicyclic amines) is 1. The van der Waals surface area contributed by atoms with Gasteiger partial charge >= 0.3 is 0 Å². The van der Waals surface area contributed by atoms with Crippen LogP contribution in [0.1, 0.15) is 25.3 Å². The molecule has 27 heavy (non-hydrogen) atoms. The van der Waals surface area contributed by atoms with Crippen molar-refractivity contribution in [1.29, 1.82) is 0 Å². The Morgan fingerprint density at radius 1 is 1.15 bits per heavy atom. The van der Waals surface area contributed by atoms with Crippen molar-refractivity contribution in [3.63, 3.8) is 0 Å². The number of para-hydroxylation sites is 1. The number of nitrogens with zero attached hydrogens (tertiary/aromatic N) is 1. The van der Waals surface area contributed by atoms with Crippen LogP contribution in [0.3, 0.4) is 0 Å². The Morgan fingerprint density at radius 3 is 2.44 bits per heavy atom. The highest BCUT2D eigenvalue weighted by molar-refractivity contribution is 5.81. The minimum absolute atomic E-state index is 0.170. The van der Waals surface area contributed by atoms with Crippen LogP contribution in [0.5, 0.6) is 11.5 Å². The summed E-state index contributed by atoms with van der Waals surface area (Å²) in [5.41, 5.74) is 6.38. The van der Waals surface area contributed by atoms with E-state index in [9.17, 15) is 4.79 Å². The average molecular weight is 368 g/mol. The van der Waals surface area contributed by atoms with Gasteiger partial charge in [0, 0.05) is 13.0 Å². The van der Waals surface area contributed by atoms with E-state index >= 15 is 0 Å². The molecule has 144 valence electrons. The SMILES string of the molecule is CCN1CCC(Cc2ccc(OC)cc2)(C(N)=O)CC1Oc1ccccc1. The minimum Gasteiger partial charge on any atom is -0.497 e. The van der Waals surface area contributed by atoms with Crippen LogP contribution in [0, 0.1) is 5.41 Å². The molecule has 1 amide bonds. The fourth-order valence-electron chi connectivity index (χ4n) is 3.81. The minimum atomic E-state index is -0.611. The zero-order valence-electron chi connectivity index (χ0n) is 16.1.